The highest BCUT2D eigenvalue weighted by Gasteiger charge is 2.55. The molecule has 0 aromatic carbocycles. The highest BCUT2D eigenvalue weighted by Crippen LogP contribution is 2.47. The average Bonchev–Trinajstić information content (AvgIpc) is 2.64. The Balaban J connectivity index is 3.13. The molecule has 7 nitrogen and oxygen atoms in total. The lowest BCUT2D eigenvalue weighted by Gasteiger charge is -2.45. The van der Waals surface area contributed by atoms with Crippen LogP contribution in [0.3, 0.4) is 0 Å². The smallest absolute Gasteiger partial charge is 0.307 e. The summed E-state index contributed by atoms with van der Waals surface area (Å²) in [5.41, 5.74) is -2.94. The number of hydrogen-bond donors (Lipinski definition) is 1. The maximum atomic E-state index is 12.6. The number of esters is 2. The molecule has 0 amide bonds. The number of cyclic esters (lactones) is 1. The summed E-state index contributed by atoms with van der Waals surface area (Å²) in [6, 6.07) is 0. The maximum absolute atomic E-state index is 12.6. The van der Waals surface area contributed by atoms with Crippen LogP contribution in [-0.4, -0.2) is 37.0 Å². The molecule has 4 unspecified atom stereocenters. The molecular formula is C20H36O7S. The van der Waals surface area contributed by atoms with Crippen molar-refractivity contribution in [2.45, 2.75) is 90.9 Å². The average molecular weight is 421 g/mol. The number of unbranched alkanes of at least 4 members (excludes halogenated alkanes) is 1. The molecule has 0 spiro atoms. The normalized spacial score (nSPS) is 25.0. The standard InChI is InChI=1S/C20H36O7S/c1-5-9-11-15(7-3)12-17(21)27-19(28(23,24)25)20(8-4)13-18(22)26-14-16(20)10-6-2/h15-16,19H,5-14H2,1-4H3,(H,23,24,25). The molecule has 4 atom stereocenters. The lowest BCUT2D eigenvalue weighted by atomic mass is 9.68. The second kappa shape index (κ2) is 11.1. The Hall–Kier alpha value is -1.15. The third-order valence-electron chi connectivity index (χ3n) is 6.00. The minimum Gasteiger partial charge on any atom is -0.465 e. The van der Waals surface area contributed by atoms with Gasteiger partial charge in [-0.3, -0.25) is 14.1 Å². The highest BCUT2D eigenvalue weighted by atomic mass is 32.2. The zero-order chi connectivity index (χ0) is 21.4. The topological polar surface area (TPSA) is 107 Å². The Labute approximate surface area is 169 Å². The van der Waals surface area contributed by atoms with E-state index in [2.05, 4.69) is 6.92 Å². The van der Waals surface area contributed by atoms with Crippen molar-refractivity contribution in [1.82, 2.24) is 0 Å². The van der Waals surface area contributed by atoms with E-state index in [0.29, 0.717) is 6.42 Å². The first-order valence-electron chi connectivity index (χ1n) is 10.5. The number of rotatable bonds is 12. The van der Waals surface area contributed by atoms with E-state index in [9.17, 15) is 22.6 Å². The molecule has 1 heterocycles. The molecule has 0 bridgehead atoms. The zero-order valence-electron chi connectivity index (χ0n) is 17.6. The van der Waals surface area contributed by atoms with Gasteiger partial charge in [0.2, 0.25) is 5.44 Å². The van der Waals surface area contributed by atoms with E-state index in [1.165, 1.54) is 0 Å². The molecular weight excluding hydrogens is 384 g/mol. The van der Waals surface area contributed by atoms with Crippen LogP contribution < -0.4 is 0 Å². The Bertz CT molecular complexity index is 616. The number of carbonyl (C=O) groups is 2. The Morgan fingerprint density at radius 2 is 1.96 bits per heavy atom. The van der Waals surface area contributed by atoms with Gasteiger partial charge in [-0.1, -0.05) is 53.4 Å². The fourth-order valence-corrected chi connectivity index (χ4v) is 5.48. The molecule has 0 radical (unpaired) electrons. The van der Waals surface area contributed by atoms with Gasteiger partial charge in [-0.05, 0) is 25.2 Å². The molecule has 8 heteroatoms. The lowest BCUT2D eigenvalue weighted by molar-refractivity contribution is -0.174. The van der Waals surface area contributed by atoms with Crippen LogP contribution in [0.1, 0.15) is 85.5 Å². The number of ether oxygens (including phenoxy) is 2. The zero-order valence-corrected chi connectivity index (χ0v) is 18.4. The van der Waals surface area contributed by atoms with Gasteiger partial charge in [-0.2, -0.15) is 8.42 Å². The van der Waals surface area contributed by atoms with Gasteiger partial charge in [-0.25, -0.2) is 0 Å². The Morgan fingerprint density at radius 1 is 1.29 bits per heavy atom. The van der Waals surface area contributed by atoms with Crippen LogP contribution in [-0.2, 0) is 29.2 Å². The second-order valence-corrected chi connectivity index (χ2v) is 9.35. The summed E-state index contributed by atoms with van der Waals surface area (Å²) in [5, 5.41) is 0. The molecule has 1 saturated heterocycles. The Morgan fingerprint density at radius 3 is 2.46 bits per heavy atom. The van der Waals surface area contributed by atoms with Crippen molar-refractivity contribution in [1.29, 1.82) is 0 Å². The maximum Gasteiger partial charge on any atom is 0.307 e. The van der Waals surface area contributed by atoms with Gasteiger partial charge in [0.25, 0.3) is 0 Å². The Kier molecular flexibility index (Phi) is 9.90. The van der Waals surface area contributed by atoms with Crippen LogP contribution >= 0.6 is 0 Å². The minimum atomic E-state index is -4.72. The van der Waals surface area contributed by atoms with Crippen LogP contribution in [0.5, 0.6) is 0 Å². The van der Waals surface area contributed by atoms with E-state index in [1.54, 1.807) is 6.92 Å². The van der Waals surface area contributed by atoms with Gasteiger partial charge in [0, 0.05) is 17.8 Å². The third kappa shape index (κ3) is 6.44. The highest BCUT2D eigenvalue weighted by molar-refractivity contribution is 7.86. The molecule has 1 rings (SSSR count). The second-order valence-electron chi connectivity index (χ2n) is 7.89. The monoisotopic (exact) mass is 420 g/mol. The van der Waals surface area contributed by atoms with Crippen molar-refractivity contribution >= 4 is 22.1 Å². The van der Waals surface area contributed by atoms with Gasteiger partial charge < -0.3 is 9.47 Å². The molecule has 28 heavy (non-hydrogen) atoms. The minimum absolute atomic E-state index is 0.0676. The van der Waals surface area contributed by atoms with Crippen molar-refractivity contribution in [3.05, 3.63) is 0 Å². The molecule has 1 aliphatic rings. The number of carbonyl (C=O) groups excluding carboxylic acids is 2. The van der Waals surface area contributed by atoms with E-state index >= 15 is 0 Å². The summed E-state index contributed by atoms with van der Waals surface area (Å²) >= 11 is 0. The predicted octanol–water partition coefficient (Wildman–Crippen LogP) is 4.11. The summed E-state index contributed by atoms with van der Waals surface area (Å²) in [6.45, 7) is 7.82. The van der Waals surface area contributed by atoms with E-state index in [-0.39, 0.29) is 37.7 Å². The molecule has 0 aromatic rings. The van der Waals surface area contributed by atoms with Crippen molar-refractivity contribution in [2.24, 2.45) is 17.3 Å². The van der Waals surface area contributed by atoms with Gasteiger partial charge in [-0.15, -0.1) is 0 Å². The summed E-state index contributed by atoms with van der Waals surface area (Å²) < 4.78 is 44.9. The summed E-state index contributed by atoms with van der Waals surface area (Å²) in [5.74, 6) is -1.38. The van der Waals surface area contributed by atoms with Gasteiger partial charge in [0.1, 0.15) is 0 Å². The molecule has 1 N–H and O–H groups in total. The van der Waals surface area contributed by atoms with Crippen LogP contribution in [0.25, 0.3) is 0 Å². The van der Waals surface area contributed by atoms with Crippen LogP contribution in [0, 0.1) is 17.3 Å². The summed E-state index contributed by atoms with van der Waals surface area (Å²) in [7, 11) is -4.72. The van der Waals surface area contributed by atoms with E-state index in [1.807, 2.05) is 13.8 Å². The largest absolute Gasteiger partial charge is 0.465 e. The molecule has 0 saturated carbocycles. The van der Waals surface area contributed by atoms with Crippen molar-refractivity contribution in [3.63, 3.8) is 0 Å². The quantitative estimate of drug-likeness (QED) is 0.374. The van der Waals surface area contributed by atoms with Gasteiger partial charge in [0.05, 0.1) is 13.0 Å². The SMILES string of the molecule is CCCCC(CC)CC(=O)OC(C1(CC)CC(=O)OCC1CCC)S(=O)(=O)O. The first kappa shape index (κ1) is 24.9. The first-order chi connectivity index (χ1) is 13.1. The summed E-state index contributed by atoms with van der Waals surface area (Å²) in [4.78, 5) is 24.6. The fraction of sp³-hybridized carbons (Fsp3) is 0.900. The third-order valence-corrected chi connectivity index (χ3v) is 7.11. The molecule has 0 aromatic heterocycles. The van der Waals surface area contributed by atoms with E-state index in [4.69, 9.17) is 9.47 Å². The number of hydrogen-bond acceptors (Lipinski definition) is 6. The van der Waals surface area contributed by atoms with Crippen molar-refractivity contribution < 1.29 is 32.0 Å². The van der Waals surface area contributed by atoms with E-state index in [0.717, 1.165) is 32.1 Å². The summed E-state index contributed by atoms with van der Waals surface area (Å²) in [6.07, 6.45) is 5.19. The fourth-order valence-electron chi connectivity index (χ4n) is 4.22. The predicted molar refractivity (Wildman–Crippen MR) is 106 cm³/mol. The van der Waals surface area contributed by atoms with Crippen LogP contribution in [0.4, 0.5) is 0 Å². The van der Waals surface area contributed by atoms with E-state index < -0.39 is 32.9 Å². The van der Waals surface area contributed by atoms with Gasteiger partial charge in [0.15, 0.2) is 0 Å². The molecule has 1 aliphatic heterocycles. The molecule has 0 aliphatic carbocycles. The lowest BCUT2D eigenvalue weighted by Crippen LogP contribution is -2.53. The van der Waals surface area contributed by atoms with Crippen LogP contribution in [0.15, 0.2) is 0 Å². The van der Waals surface area contributed by atoms with Crippen LogP contribution in [0.2, 0.25) is 0 Å². The molecule has 164 valence electrons. The molecule has 1 fully saturated rings. The van der Waals surface area contributed by atoms with Crippen molar-refractivity contribution in [2.75, 3.05) is 6.61 Å². The van der Waals surface area contributed by atoms with Gasteiger partial charge >= 0.3 is 22.1 Å². The first-order valence-corrected chi connectivity index (χ1v) is 12.0. The van der Waals surface area contributed by atoms with Crippen molar-refractivity contribution in [3.8, 4) is 0 Å².